The van der Waals surface area contributed by atoms with Gasteiger partial charge in [0, 0.05) is 30.8 Å². The summed E-state index contributed by atoms with van der Waals surface area (Å²) in [4.78, 5) is 4.19. The van der Waals surface area contributed by atoms with Crippen LogP contribution in [-0.4, -0.2) is 23.7 Å². The number of rotatable bonds is 2. The minimum Gasteiger partial charge on any atom is -0.472 e. The summed E-state index contributed by atoms with van der Waals surface area (Å²) in [6, 6.07) is 6.36. The zero-order valence-electron chi connectivity index (χ0n) is 8.83. The molecule has 3 nitrogen and oxygen atoms in total. The quantitative estimate of drug-likeness (QED) is 0.886. The molecule has 0 radical (unpaired) electrons. The number of piperidine rings is 1. The fourth-order valence-corrected chi connectivity index (χ4v) is 2.52. The van der Waals surface area contributed by atoms with Gasteiger partial charge >= 0.3 is 0 Å². The Labute approximate surface area is 108 Å². The second-order valence-electron chi connectivity index (χ2n) is 4.10. The molecule has 2 heterocycles. The number of hydrogen-bond acceptors (Lipinski definition) is 3. The zero-order valence-corrected chi connectivity index (χ0v) is 10.5. The fourth-order valence-electron chi connectivity index (χ4n) is 2.52. The Balaban J connectivity index is 0.000000640. The number of hydrogen-bond donors (Lipinski definition) is 1. The number of nitrogens with zero attached hydrogens (tertiary/aromatic N) is 1. The number of nitrogens with one attached hydrogen (secondary N) is 1. The Morgan fingerprint density at radius 1 is 1.25 bits per heavy atom. The third kappa shape index (κ3) is 2.42. The number of pyridine rings is 1. The minimum atomic E-state index is 0. The first-order valence-electron chi connectivity index (χ1n) is 5.24. The van der Waals surface area contributed by atoms with E-state index < -0.39 is 0 Å². The van der Waals surface area contributed by atoms with Crippen LogP contribution in [0.2, 0.25) is 0 Å². The topological polar surface area (TPSA) is 34.1 Å². The van der Waals surface area contributed by atoms with Gasteiger partial charge in [0.05, 0.1) is 0 Å². The van der Waals surface area contributed by atoms with Gasteiger partial charge in [-0.1, -0.05) is 6.07 Å². The minimum absolute atomic E-state index is 0. The van der Waals surface area contributed by atoms with Crippen molar-refractivity contribution in [2.75, 3.05) is 6.54 Å². The summed E-state index contributed by atoms with van der Waals surface area (Å²) in [7, 11) is 0. The standard InChI is InChI=1S/C11H14N2O.2ClH/c1-2-6-12-10(3-1)14-11-8-4-5-9(11)13-7-8;;/h1-3,6,8-9,11,13H,4-5,7H2;2*1H. The Bertz CT molecular complexity index is 303. The lowest BCUT2D eigenvalue weighted by Gasteiger charge is -2.16. The van der Waals surface area contributed by atoms with Crippen molar-refractivity contribution >= 4 is 24.8 Å². The molecule has 5 heteroatoms. The van der Waals surface area contributed by atoms with Crippen LogP contribution in [0.25, 0.3) is 0 Å². The average molecular weight is 263 g/mol. The molecule has 2 fully saturated rings. The van der Waals surface area contributed by atoms with Crippen LogP contribution in [0.15, 0.2) is 24.4 Å². The first-order valence-corrected chi connectivity index (χ1v) is 5.24. The molecule has 1 aliphatic heterocycles. The molecule has 1 aromatic heterocycles. The molecule has 90 valence electrons. The lowest BCUT2D eigenvalue weighted by atomic mass is 10.1. The van der Waals surface area contributed by atoms with E-state index in [2.05, 4.69) is 10.3 Å². The number of aromatic nitrogens is 1. The van der Waals surface area contributed by atoms with Gasteiger partial charge in [-0.05, 0) is 18.9 Å². The summed E-state index contributed by atoms with van der Waals surface area (Å²) in [5, 5.41) is 3.47. The molecule has 0 amide bonds. The van der Waals surface area contributed by atoms with Gasteiger partial charge in [0.25, 0.3) is 0 Å². The van der Waals surface area contributed by atoms with Crippen molar-refractivity contribution in [3.63, 3.8) is 0 Å². The molecule has 1 saturated carbocycles. The van der Waals surface area contributed by atoms with Crippen molar-refractivity contribution in [2.45, 2.75) is 25.0 Å². The van der Waals surface area contributed by atoms with Gasteiger partial charge in [0.1, 0.15) is 6.10 Å². The highest BCUT2D eigenvalue weighted by atomic mass is 35.5. The average Bonchev–Trinajstić information content (AvgIpc) is 2.80. The maximum Gasteiger partial charge on any atom is 0.213 e. The second-order valence-corrected chi connectivity index (χ2v) is 4.10. The molecule has 2 bridgehead atoms. The van der Waals surface area contributed by atoms with Gasteiger partial charge in [-0.25, -0.2) is 4.98 Å². The molecule has 16 heavy (non-hydrogen) atoms. The van der Waals surface area contributed by atoms with Crippen LogP contribution in [0.5, 0.6) is 5.88 Å². The van der Waals surface area contributed by atoms with E-state index >= 15 is 0 Å². The molecular formula is C11H16Cl2N2O. The van der Waals surface area contributed by atoms with E-state index in [0.29, 0.717) is 18.1 Å². The highest BCUT2D eigenvalue weighted by molar-refractivity contribution is 5.85. The van der Waals surface area contributed by atoms with E-state index in [9.17, 15) is 0 Å². The summed E-state index contributed by atoms with van der Waals surface area (Å²) in [6.45, 7) is 1.11. The van der Waals surface area contributed by atoms with Gasteiger partial charge in [-0.2, -0.15) is 0 Å². The van der Waals surface area contributed by atoms with Crippen molar-refractivity contribution < 1.29 is 4.74 Å². The van der Waals surface area contributed by atoms with Crippen molar-refractivity contribution in [3.8, 4) is 5.88 Å². The van der Waals surface area contributed by atoms with Gasteiger partial charge < -0.3 is 10.1 Å². The lowest BCUT2D eigenvalue weighted by Crippen LogP contribution is -2.31. The van der Waals surface area contributed by atoms with E-state index in [0.717, 1.165) is 12.4 Å². The van der Waals surface area contributed by atoms with E-state index in [1.165, 1.54) is 12.8 Å². The predicted molar refractivity (Wildman–Crippen MR) is 67.7 cm³/mol. The summed E-state index contributed by atoms with van der Waals surface area (Å²) >= 11 is 0. The molecule has 3 unspecified atom stereocenters. The fraction of sp³-hybridized carbons (Fsp3) is 0.545. The Morgan fingerprint density at radius 3 is 2.62 bits per heavy atom. The highest BCUT2D eigenvalue weighted by Crippen LogP contribution is 2.33. The van der Waals surface area contributed by atoms with Crippen LogP contribution in [0.1, 0.15) is 12.8 Å². The van der Waals surface area contributed by atoms with Gasteiger partial charge in [0.15, 0.2) is 0 Å². The molecule has 3 atom stereocenters. The third-order valence-electron chi connectivity index (χ3n) is 3.25. The monoisotopic (exact) mass is 262 g/mol. The van der Waals surface area contributed by atoms with Gasteiger partial charge in [-0.15, -0.1) is 24.8 Å². The first kappa shape index (κ1) is 13.6. The van der Waals surface area contributed by atoms with E-state index in [1.807, 2.05) is 18.2 Å². The van der Waals surface area contributed by atoms with Crippen LogP contribution in [0.4, 0.5) is 0 Å². The molecule has 0 aromatic carbocycles. The largest absolute Gasteiger partial charge is 0.472 e. The smallest absolute Gasteiger partial charge is 0.213 e. The molecular weight excluding hydrogens is 247 g/mol. The van der Waals surface area contributed by atoms with Gasteiger partial charge in [-0.3, -0.25) is 0 Å². The Morgan fingerprint density at radius 2 is 2.12 bits per heavy atom. The van der Waals surface area contributed by atoms with Gasteiger partial charge in [0.2, 0.25) is 5.88 Å². The predicted octanol–water partition coefficient (Wildman–Crippen LogP) is 2.05. The normalized spacial score (nSPS) is 30.4. The molecule has 2 aliphatic rings. The van der Waals surface area contributed by atoms with Crippen LogP contribution < -0.4 is 10.1 Å². The Hall–Kier alpha value is -0.510. The zero-order chi connectivity index (χ0) is 9.38. The highest BCUT2D eigenvalue weighted by Gasteiger charge is 2.43. The summed E-state index contributed by atoms with van der Waals surface area (Å²) in [6.07, 6.45) is 4.68. The molecule has 0 spiro atoms. The number of ether oxygens (including phenoxy) is 1. The van der Waals surface area contributed by atoms with Crippen molar-refractivity contribution in [3.05, 3.63) is 24.4 Å². The van der Waals surface area contributed by atoms with Crippen LogP contribution in [0.3, 0.4) is 0 Å². The third-order valence-corrected chi connectivity index (χ3v) is 3.25. The molecule has 1 saturated heterocycles. The SMILES string of the molecule is Cl.Cl.c1ccc(OC2C3CCC2NC3)nc1. The first-order chi connectivity index (χ1) is 6.93. The summed E-state index contributed by atoms with van der Waals surface area (Å²) in [5.41, 5.74) is 0. The maximum atomic E-state index is 5.89. The summed E-state index contributed by atoms with van der Waals surface area (Å²) < 4.78 is 5.89. The number of fused-ring (bicyclic) bond motifs is 2. The second kappa shape index (κ2) is 5.71. The molecule has 1 aliphatic carbocycles. The van der Waals surface area contributed by atoms with E-state index in [-0.39, 0.29) is 24.8 Å². The lowest BCUT2D eigenvalue weighted by molar-refractivity contribution is 0.169. The van der Waals surface area contributed by atoms with Crippen LogP contribution >= 0.6 is 24.8 Å². The number of halogens is 2. The Kier molecular flexibility index (Phi) is 4.84. The van der Waals surface area contributed by atoms with Crippen LogP contribution in [-0.2, 0) is 0 Å². The summed E-state index contributed by atoms with van der Waals surface area (Å²) in [5.74, 6) is 1.46. The van der Waals surface area contributed by atoms with Crippen molar-refractivity contribution in [1.82, 2.24) is 10.3 Å². The van der Waals surface area contributed by atoms with Crippen molar-refractivity contribution in [1.29, 1.82) is 0 Å². The van der Waals surface area contributed by atoms with E-state index in [4.69, 9.17) is 4.74 Å². The maximum absolute atomic E-state index is 5.89. The molecule has 1 aromatic rings. The molecule has 3 rings (SSSR count). The van der Waals surface area contributed by atoms with Crippen molar-refractivity contribution in [2.24, 2.45) is 5.92 Å². The van der Waals surface area contributed by atoms with E-state index in [1.54, 1.807) is 6.20 Å². The van der Waals surface area contributed by atoms with Crippen LogP contribution in [0, 0.1) is 5.92 Å². The molecule has 1 N–H and O–H groups in total.